The number of aromatic nitrogens is 2. The van der Waals surface area contributed by atoms with E-state index in [0.717, 1.165) is 94.2 Å². The number of alkyl halides is 6. The highest BCUT2D eigenvalue weighted by atomic mass is 19.4. The van der Waals surface area contributed by atoms with Gasteiger partial charge in [0.2, 0.25) is 0 Å². The average Bonchev–Trinajstić information content (AvgIpc) is 3.77. The Morgan fingerprint density at radius 3 is 1.36 bits per heavy atom. The minimum absolute atomic E-state index is 0.131. The Labute approximate surface area is 364 Å². The van der Waals surface area contributed by atoms with Crippen LogP contribution in [0.25, 0.3) is 93.2 Å². The number of hydrogen-bond acceptors (Lipinski definition) is 0. The molecular formula is C55H37F6N3. The predicted molar refractivity (Wildman–Crippen MR) is 247 cm³/mol. The van der Waals surface area contributed by atoms with Gasteiger partial charge in [-0.25, -0.2) is 4.85 Å². The fourth-order valence-electron chi connectivity index (χ4n) is 9.50. The van der Waals surface area contributed by atoms with Crippen LogP contribution in [-0.2, 0) is 12.4 Å². The summed E-state index contributed by atoms with van der Waals surface area (Å²) in [7, 11) is 0. The summed E-state index contributed by atoms with van der Waals surface area (Å²) in [5.41, 5.74) is 8.91. The molecule has 10 rings (SSSR count). The third kappa shape index (κ3) is 6.60. The third-order valence-electron chi connectivity index (χ3n) is 12.4. The summed E-state index contributed by atoms with van der Waals surface area (Å²) in [5.74, 6) is 0. The molecule has 0 atom stereocenters. The fraction of sp³-hybridized carbons (Fsp3) is 0.109. The fourth-order valence-corrected chi connectivity index (χ4v) is 9.50. The van der Waals surface area contributed by atoms with Gasteiger partial charge in [0.25, 0.3) is 0 Å². The van der Waals surface area contributed by atoms with Crippen LogP contribution in [0.5, 0.6) is 0 Å². The molecule has 2 heterocycles. The molecule has 0 unspecified atom stereocenters. The maximum atomic E-state index is 15.0. The number of hydrogen-bond donors (Lipinski definition) is 0. The van der Waals surface area contributed by atoms with Crippen LogP contribution in [0.1, 0.15) is 33.4 Å². The molecule has 10 aromatic rings. The van der Waals surface area contributed by atoms with E-state index in [9.17, 15) is 26.3 Å². The van der Waals surface area contributed by atoms with Crippen molar-refractivity contribution in [3.63, 3.8) is 0 Å². The zero-order valence-corrected chi connectivity index (χ0v) is 35.0. The number of aryl methyl sites for hydroxylation is 4. The van der Waals surface area contributed by atoms with Crippen LogP contribution in [0.4, 0.5) is 32.0 Å². The van der Waals surface area contributed by atoms with Gasteiger partial charge in [0.1, 0.15) is 0 Å². The Morgan fingerprint density at radius 2 is 0.891 bits per heavy atom. The van der Waals surface area contributed by atoms with Crippen molar-refractivity contribution in [2.75, 3.05) is 0 Å². The summed E-state index contributed by atoms with van der Waals surface area (Å²) in [6, 6.07) is 45.3. The van der Waals surface area contributed by atoms with Crippen molar-refractivity contribution in [1.29, 1.82) is 0 Å². The van der Waals surface area contributed by atoms with Crippen LogP contribution in [-0.4, -0.2) is 9.13 Å². The Kier molecular flexibility index (Phi) is 9.35. The van der Waals surface area contributed by atoms with Crippen molar-refractivity contribution in [1.82, 2.24) is 9.13 Å². The molecule has 0 N–H and O–H groups in total. The van der Waals surface area contributed by atoms with Gasteiger partial charge >= 0.3 is 12.4 Å². The zero-order valence-electron chi connectivity index (χ0n) is 35.0. The second-order valence-electron chi connectivity index (χ2n) is 16.5. The lowest BCUT2D eigenvalue weighted by Crippen LogP contribution is -2.12. The maximum Gasteiger partial charge on any atom is 0.416 e. The first kappa shape index (κ1) is 40.5. The number of para-hydroxylation sites is 2. The molecule has 0 aliphatic carbocycles. The molecule has 8 aromatic carbocycles. The van der Waals surface area contributed by atoms with E-state index in [1.165, 1.54) is 6.07 Å². The highest BCUT2D eigenvalue weighted by Gasteiger charge is 2.39. The lowest BCUT2D eigenvalue weighted by molar-refractivity contribution is -0.142. The van der Waals surface area contributed by atoms with Crippen molar-refractivity contribution in [2.24, 2.45) is 0 Å². The van der Waals surface area contributed by atoms with Gasteiger partial charge in [-0.3, -0.25) is 0 Å². The van der Waals surface area contributed by atoms with Crippen molar-refractivity contribution in [2.45, 2.75) is 40.0 Å². The van der Waals surface area contributed by atoms with Crippen LogP contribution in [0, 0.1) is 34.3 Å². The molecule has 3 nitrogen and oxygen atoms in total. The van der Waals surface area contributed by atoms with Crippen molar-refractivity contribution < 1.29 is 26.3 Å². The number of rotatable bonds is 5. The SMILES string of the molecule is [C-]#[N+]c1cc(-n2c3ccccc3c3cc(-c4ccc(C)cc4C)ccc32)c(-n2c3ccccc3c3cc(-c4ccc(C)cc4C)ccc32)cc1-c1ccc(C(F)(F)F)cc1C(F)(F)F. The van der Waals surface area contributed by atoms with Crippen LogP contribution in [0.15, 0.2) is 152 Å². The summed E-state index contributed by atoms with van der Waals surface area (Å²) in [4.78, 5) is 3.79. The van der Waals surface area contributed by atoms with E-state index in [1.807, 2.05) is 88.9 Å². The van der Waals surface area contributed by atoms with Gasteiger partial charge in [-0.15, -0.1) is 0 Å². The predicted octanol–water partition coefficient (Wildman–Crippen LogP) is 16.7. The van der Waals surface area contributed by atoms with Gasteiger partial charge < -0.3 is 9.13 Å². The minimum Gasteiger partial charge on any atom is -0.308 e. The summed E-state index contributed by atoms with van der Waals surface area (Å²) in [5, 5.41) is 3.62. The Hall–Kier alpha value is -7.57. The highest BCUT2D eigenvalue weighted by Crippen LogP contribution is 2.48. The van der Waals surface area contributed by atoms with Crippen molar-refractivity contribution in [3.05, 3.63) is 196 Å². The first-order chi connectivity index (χ1) is 30.6. The lowest BCUT2D eigenvalue weighted by Gasteiger charge is -2.22. The molecular weight excluding hydrogens is 817 g/mol. The van der Waals surface area contributed by atoms with E-state index in [2.05, 4.69) is 74.1 Å². The van der Waals surface area contributed by atoms with Gasteiger partial charge in [0, 0.05) is 21.5 Å². The largest absolute Gasteiger partial charge is 0.416 e. The average molecular weight is 854 g/mol. The smallest absolute Gasteiger partial charge is 0.308 e. The molecule has 0 aliphatic heterocycles. The standard InChI is InChI=1S/C55H37F6N3/c1-31-14-19-38(33(3)24-31)35-16-22-50-44(26-35)41-10-6-8-12-48(41)63(50)52-29-43(40-21-18-37(54(56,57)58)28-46(40)55(59,60)61)47(62-5)30-53(52)64-49-13-9-7-11-42(49)45-27-36(17-23-51(45)64)39-20-15-32(2)25-34(39)4/h6-30H,1-4H3. The van der Waals surface area contributed by atoms with Crippen molar-refractivity contribution >= 4 is 49.3 Å². The van der Waals surface area contributed by atoms with Gasteiger partial charge in [-0.1, -0.05) is 102 Å². The molecule has 0 amide bonds. The molecule has 64 heavy (non-hydrogen) atoms. The van der Waals surface area contributed by atoms with E-state index >= 15 is 0 Å². The first-order valence-electron chi connectivity index (χ1n) is 20.7. The van der Waals surface area contributed by atoms with Crippen LogP contribution < -0.4 is 0 Å². The maximum absolute atomic E-state index is 15.0. The van der Waals surface area contributed by atoms with Gasteiger partial charge in [0.15, 0.2) is 5.69 Å². The molecule has 0 fully saturated rings. The summed E-state index contributed by atoms with van der Waals surface area (Å²) in [6.07, 6.45) is -10.2. The van der Waals surface area contributed by atoms with Crippen molar-refractivity contribution in [3.8, 4) is 44.8 Å². The zero-order chi connectivity index (χ0) is 44.8. The van der Waals surface area contributed by atoms with E-state index in [0.29, 0.717) is 17.4 Å². The molecule has 0 spiro atoms. The molecule has 2 aromatic heterocycles. The normalized spacial score (nSPS) is 12.2. The summed E-state index contributed by atoms with van der Waals surface area (Å²) < 4.78 is 90.8. The highest BCUT2D eigenvalue weighted by molar-refractivity contribution is 6.13. The summed E-state index contributed by atoms with van der Waals surface area (Å²) >= 11 is 0. The van der Waals surface area contributed by atoms with Gasteiger partial charge in [-0.05, 0) is 133 Å². The molecule has 9 heteroatoms. The van der Waals surface area contributed by atoms with E-state index in [4.69, 9.17) is 6.57 Å². The monoisotopic (exact) mass is 853 g/mol. The van der Waals surface area contributed by atoms with Crippen LogP contribution in [0.3, 0.4) is 0 Å². The minimum atomic E-state index is -5.17. The molecule has 0 radical (unpaired) electrons. The third-order valence-corrected chi connectivity index (χ3v) is 12.4. The lowest BCUT2D eigenvalue weighted by atomic mass is 9.94. The topological polar surface area (TPSA) is 14.2 Å². The summed E-state index contributed by atoms with van der Waals surface area (Å²) in [6.45, 7) is 16.6. The number of benzene rings is 8. The Morgan fingerprint density at radius 1 is 0.422 bits per heavy atom. The molecule has 0 saturated heterocycles. The first-order valence-corrected chi connectivity index (χ1v) is 20.7. The molecule has 0 aliphatic rings. The molecule has 314 valence electrons. The quantitative estimate of drug-likeness (QED) is 0.121. The van der Waals surface area contributed by atoms with Gasteiger partial charge in [0.05, 0.1) is 51.1 Å². The van der Waals surface area contributed by atoms with Crippen LogP contribution >= 0.6 is 0 Å². The second-order valence-corrected chi connectivity index (χ2v) is 16.5. The van der Waals surface area contributed by atoms with Crippen LogP contribution in [0.2, 0.25) is 0 Å². The second kappa shape index (κ2) is 14.8. The molecule has 0 saturated carbocycles. The number of halogens is 6. The van der Waals surface area contributed by atoms with E-state index in [1.54, 1.807) is 6.07 Å². The van der Waals surface area contributed by atoms with Gasteiger partial charge in [-0.2, -0.15) is 26.3 Å². The Bertz CT molecular complexity index is 3600. The van der Waals surface area contributed by atoms with E-state index < -0.39 is 29.0 Å². The van der Waals surface area contributed by atoms with E-state index in [-0.39, 0.29) is 17.3 Å². The number of nitrogens with zero attached hydrogens (tertiary/aromatic N) is 3. The Balaban J connectivity index is 1.33. The number of fused-ring (bicyclic) bond motifs is 6. The molecule has 0 bridgehead atoms.